The Morgan fingerprint density at radius 2 is 2.27 bits per heavy atom. The van der Waals surface area contributed by atoms with Gasteiger partial charge in [-0.2, -0.15) is 0 Å². The fraction of sp³-hybridized carbons (Fsp3) is 0.500. The average molecular weight is 210 g/mol. The molecule has 1 aromatic carbocycles. The molecule has 1 aliphatic rings. The molecule has 1 aliphatic carbocycles. The van der Waals surface area contributed by atoms with Gasteiger partial charge >= 0.3 is 0 Å². The number of hydrogen-bond donors (Lipinski definition) is 1. The maximum Gasteiger partial charge on any atom is 0.119 e. The number of aliphatic hydroxyl groups is 1. The SMILES string of the molecule is COc1cccc(C2(CO)CC(F)C2)c1. The van der Waals surface area contributed by atoms with Crippen molar-refractivity contribution in [3.63, 3.8) is 0 Å². The van der Waals surface area contributed by atoms with Gasteiger partial charge in [0.05, 0.1) is 13.7 Å². The Labute approximate surface area is 88.7 Å². The third kappa shape index (κ3) is 1.72. The van der Waals surface area contributed by atoms with Gasteiger partial charge in [-0.1, -0.05) is 12.1 Å². The number of aliphatic hydroxyl groups excluding tert-OH is 1. The van der Waals surface area contributed by atoms with Gasteiger partial charge in [-0.25, -0.2) is 4.39 Å². The van der Waals surface area contributed by atoms with Crippen molar-refractivity contribution in [2.45, 2.75) is 24.4 Å². The highest BCUT2D eigenvalue weighted by molar-refractivity contribution is 5.36. The fourth-order valence-electron chi connectivity index (χ4n) is 2.20. The van der Waals surface area contributed by atoms with E-state index in [9.17, 15) is 9.50 Å². The summed E-state index contributed by atoms with van der Waals surface area (Å²) >= 11 is 0. The van der Waals surface area contributed by atoms with Crippen LogP contribution in [-0.4, -0.2) is 25.0 Å². The molecule has 1 aromatic rings. The first kappa shape index (κ1) is 10.4. The summed E-state index contributed by atoms with van der Waals surface area (Å²) in [6.45, 7) is 0.000583. The van der Waals surface area contributed by atoms with Crippen molar-refractivity contribution in [2.75, 3.05) is 13.7 Å². The summed E-state index contributed by atoms with van der Waals surface area (Å²) in [5.74, 6) is 0.752. The molecule has 0 spiro atoms. The molecule has 0 unspecified atom stereocenters. The lowest BCUT2D eigenvalue weighted by atomic mass is 9.64. The molecule has 82 valence electrons. The molecule has 3 heteroatoms. The van der Waals surface area contributed by atoms with Crippen molar-refractivity contribution in [2.24, 2.45) is 0 Å². The number of rotatable bonds is 3. The normalized spacial score (nSPS) is 29.7. The highest BCUT2D eigenvalue weighted by Crippen LogP contribution is 2.45. The van der Waals surface area contributed by atoms with E-state index >= 15 is 0 Å². The first-order valence-electron chi connectivity index (χ1n) is 5.10. The zero-order valence-electron chi connectivity index (χ0n) is 8.74. The fourth-order valence-corrected chi connectivity index (χ4v) is 2.20. The quantitative estimate of drug-likeness (QED) is 0.827. The second-order valence-electron chi connectivity index (χ2n) is 4.18. The van der Waals surface area contributed by atoms with Crippen molar-refractivity contribution < 1.29 is 14.2 Å². The van der Waals surface area contributed by atoms with E-state index in [4.69, 9.17) is 4.74 Å². The Bertz CT molecular complexity index is 345. The minimum atomic E-state index is -0.775. The smallest absolute Gasteiger partial charge is 0.119 e. The number of alkyl halides is 1. The molecule has 1 saturated carbocycles. The third-order valence-corrected chi connectivity index (χ3v) is 3.21. The van der Waals surface area contributed by atoms with E-state index in [1.165, 1.54) is 0 Å². The lowest BCUT2D eigenvalue weighted by Gasteiger charge is -2.43. The van der Waals surface area contributed by atoms with Crippen LogP contribution < -0.4 is 4.74 Å². The first-order valence-corrected chi connectivity index (χ1v) is 5.10. The zero-order chi connectivity index (χ0) is 10.9. The molecule has 0 atom stereocenters. The molecule has 0 aliphatic heterocycles. The second-order valence-corrected chi connectivity index (χ2v) is 4.18. The number of halogens is 1. The lowest BCUT2D eigenvalue weighted by Crippen LogP contribution is -2.45. The molecule has 1 fully saturated rings. The van der Waals surface area contributed by atoms with Gasteiger partial charge in [-0.15, -0.1) is 0 Å². The van der Waals surface area contributed by atoms with Gasteiger partial charge in [-0.3, -0.25) is 0 Å². The van der Waals surface area contributed by atoms with Crippen LogP contribution >= 0.6 is 0 Å². The highest BCUT2D eigenvalue weighted by atomic mass is 19.1. The average Bonchev–Trinajstić information content (AvgIpc) is 2.24. The number of ether oxygens (including phenoxy) is 1. The van der Waals surface area contributed by atoms with Crippen LogP contribution in [0.15, 0.2) is 24.3 Å². The van der Waals surface area contributed by atoms with Crippen molar-refractivity contribution in [1.82, 2.24) is 0 Å². The first-order chi connectivity index (χ1) is 7.20. The van der Waals surface area contributed by atoms with Crippen LogP contribution in [0.2, 0.25) is 0 Å². The Hall–Kier alpha value is -1.09. The Balaban J connectivity index is 2.27. The number of methoxy groups -OCH3 is 1. The lowest BCUT2D eigenvalue weighted by molar-refractivity contribution is 0.0409. The van der Waals surface area contributed by atoms with Crippen LogP contribution in [0.3, 0.4) is 0 Å². The Morgan fingerprint density at radius 1 is 1.53 bits per heavy atom. The van der Waals surface area contributed by atoms with Crippen molar-refractivity contribution in [1.29, 1.82) is 0 Å². The van der Waals surface area contributed by atoms with Crippen LogP contribution in [-0.2, 0) is 5.41 Å². The van der Waals surface area contributed by atoms with E-state index in [0.29, 0.717) is 12.8 Å². The minimum Gasteiger partial charge on any atom is -0.497 e. The molecule has 2 nitrogen and oxygen atoms in total. The molecule has 0 bridgehead atoms. The largest absolute Gasteiger partial charge is 0.497 e. The molecule has 15 heavy (non-hydrogen) atoms. The summed E-state index contributed by atoms with van der Waals surface area (Å²) in [6.07, 6.45) is 0.0520. The van der Waals surface area contributed by atoms with Crippen LogP contribution in [0.5, 0.6) is 5.75 Å². The summed E-state index contributed by atoms with van der Waals surface area (Å²) in [5.41, 5.74) is 0.590. The van der Waals surface area contributed by atoms with Gasteiger partial charge in [-0.05, 0) is 30.5 Å². The maximum atomic E-state index is 12.9. The van der Waals surface area contributed by atoms with Crippen molar-refractivity contribution in [3.8, 4) is 5.75 Å². The minimum absolute atomic E-state index is 0.000583. The van der Waals surface area contributed by atoms with E-state index in [0.717, 1.165) is 11.3 Å². The zero-order valence-corrected chi connectivity index (χ0v) is 8.74. The van der Waals surface area contributed by atoms with E-state index in [-0.39, 0.29) is 12.0 Å². The molecule has 0 heterocycles. The van der Waals surface area contributed by atoms with Gasteiger partial charge in [0.1, 0.15) is 11.9 Å². The molecular formula is C12H15FO2. The summed E-state index contributed by atoms with van der Waals surface area (Å²) in [7, 11) is 1.60. The van der Waals surface area contributed by atoms with Crippen LogP contribution in [0.25, 0.3) is 0 Å². The highest BCUT2D eigenvalue weighted by Gasteiger charge is 2.45. The maximum absolute atomic E-state index is 12.9. The Kier molecular flexibility index (Phi) is 2.65. The molecular weight excluding hydrogens is 195 g/mol. The van der Waals surface area contributed by atoms with Gasteiger partial charge in [0.2, 0.25) is 0 Å². The van der Waals surface area contributed by atoms with E-state index in [1.807, 2.05) is 24.3 Å². The van der Waals surface area contributed by atoms with E-state index in [2.05, 4.69) is 0 Å². The molecule has 0 amide bonds. The second kappa shape index (κ2) is 3.81. The summed E-state index contributed by atoms with van der Waals surface area (Å²) < 4.78 is 18.0. The summed E-state index contributed by atoms with van der Waals surface area (Å²) in [6, 6.07) is 7.52. The monoisotopic (exact) mass is 210 g/mol. The van der Waals surface area contributed by atoms with E-state index in [1.54, 1.807) is 7.11 Å². The molecule has 2 rings (SSSR count). The van der Waals surface area contributed by atoms with Crippen molar-refractivity contribution in [3.05, 3.63) is 29.8 Å². The predicted molar refractivity (Wildman–Crippen MR) is 55.9 cm³/mol. The van der Waals surface area contributed by atoms with Crippen LogP contribution in [0.4, 0.5) is 4.39 Å². The summed E-state index contributed by atoms with van der Waals surface area (Å²) in [5, 5.41) is 9.36. The van der Waals surface area contributed by atoms with Gasteiger partial charge in [0.15, 0.2) is 0 Å². The third-order valence-electron chi connectivity index (χ3n) is 3.21. The number of benzene rings is 1. The molecule has 1 N–H and O–H groups in total. The van der Waals surface area contributed by atoms with Crippen molar-refractivity contribution >= 4 is 0 Å². The van der Waals surface area contributed by atoms with Gasteiger partial charge in [0, 0.05) is 5.41 Å². The van der Waals surface area contributed by atoms with Crippen LogP contribution in [0, 0.1) is 0 Å². The molecule has 0 aromatic heterocycles. The van der Waals surface area contributed by atoms with Crippen LogP contribution in [0.1, 0.15) is 18.4 Å². The molecule has 0 radical (unpaired) electrons. The standard InChI is InChI=1S/C12H15FO2/c1-15-11-4-2-3-9(5-11)12(8-14)6-10(13)7-12/h2-5,10,14H,6-8H2,1H3. The van der Waals surface area contributed by atoms with Gasteiger partial charge < -0.3 is 9.84 Å². The van der Waals surface area contributed by atoms with Gasteiger partial charge in [0.25, 0.3) is 0 Å². The predicted octanol–water partition coefficient (Wildman–Crippen LogP) is 2.06. The Morgan fingerprint density at radius 3 is 2.80 bits per heavy atom. The topological polar surface area (TPSA) is 29.5 Å². The number of hydrogen-bond acceptors (Lipinski definition) is 2. The van der Waals surface area contributed by atoms with E-state index < -0.39 is 6.17 Å². The molecule has 0 saturated heterocycles. The summed E-state index contributed by atoms with van der Waals surface area (Å²) in [4.78, 5) is 0.